The molecule has 10 N–H and O–H groups in total. The molecule has 0 saturated carbocycles. The molecular formula is C64H100N6O8. The first-order valence-corrected chi connectivity index (χ1v) is 28.9. The average Bonchev–Trinajstić information content (AvgIpc) is 3.44. The van der Waals surface area contributed by atoms with Crippen molar-refractivity contribution in [3.63, 3.8) is 0 Å². The van der Waals surface area contributed by atoms with E-state index >= 15 is 0 Å². The van der Waals surface area contributed by atoms with Gasteiger partial charge in [0.1, 0.15) is 0 Å². The zero-order chi connectivity index (χ0) is 58.3. The van der Waals surface area contributed by atoms with Gasteiger partial charge in [-0.3, -0.25) is 19.2 Å². The molecule has 14 heteroatoms. The lowest BCUT2D eigenvalue weighted by molar-refractivity contribution is -0.120. The monoisotopic (exact) mass is 1080 g/mol. The van der Waals surface area contributed by atoms with Crippen LogP contribution >= 0.6 is 0 Å². The number of nitrogens with zero attached hydrogens (tertiary/aromatic N) is 2. The first-order valence-electron chi connectivity index (χ1n) is 28.9. The summed E-state index contributed by atoms with van der Waals surface area (Å²) >= 11 is 0. The van der Waals surface area contributed by atoms with Crippen LogP contribution in [-0.4, -0.2) is 104 Å². The summed E-state index contributed by atoms with van der Waals surface area (Å²) in [7, 11) is 0. The highest BCUT2D eigenvalue weighted by Gasteiger charge is 2.27. The number of benzene rings is 4. The fourth-order valence-corrected chi connectivity index (χ4v) is 9.32. The highest BCUT2D eigenvalue weighted by atomic mass is 16.3. The number of hydrogen-bond donors (Lipinski definition) is 8. The molecule has 2 aliphatic rings. The Morgan fingerprint density at radius 3 is 1.28 bits per heavy atom. The Kier molecular flexibility index (Phi) is 32.9. The van der Waals surface area contributed by atoms with Crippen LogP contribution in [0.4, 0.5) is 11.4 Å². The van der Waals surface area contributed by atoms with E-state index in [0.29, 0.717) is 65.7 Å². The van der Waals surface area contributed by atoms with E-state index in [1.54, 1.807) is 39.8 Å². The van der Waals surface area contributed by atoms with Crippen LogP contribution in [0, 0.1) is 17.8 Å². The number of aliphatic hydroxyl groups is 4. The third-order valence-corrected chi connectivity index (χ3v) is 14.3. The van der Waals surface area contributed by atoms with Crippen molar-refractivity contribution in [2.75, 3.05) is 36.8 Å². The van der Waals surface area contributed by atoms with Crippen molar-refractivity contribution < 1.29 is 39.6 Å². The molecule has 7 atom stereocenters. The minimum absolute atomic E-state index is 0.00562. The van der Waals surface area contributed by atoms with E-state index in [0.717, 1.165) is 95.1 Å². The topological polar surface area (TPSA) is 232 Å². The molecular weight excluding hydrogens is 981 g/mol. The van der Waals surface area contributed by atoms with E-state index < -0.39 is 24.4 Å². The van der Waals surface area contributed by atoms with Crippen molar-refractivity contribution in [2.24, 2.45) is 29.2 Å². The van der Waals surface area contributed by atoms with Crippen LogP contribution in [0.3, 0.4) is 0 Å². The van der Waals surface area contributed by atoms with Gasteiger partial charge >= 0.3 is 0 Å². The fourth-order valence-electron chi connectivity index (χ4n) is 9.32. The van der Waals surface area contributed by atoms with Crippen molar-refractivity contribution in [3.8, 4) is 0 Å². The molecule has 14 nitrogen and oxygen atoms in total. The van der Waals surface area contributed by atoms with E-state index in [9.17, 15) is 19.2 Å². The molecule has 2 heterocycles. The van der Waals surface area contributed by atoms with Crippen molar-refractivity contribution in [3.05, 3.63) is 130 Å². The predicted molar refractivity (Wildman–Crippen MR) is 319 cm³/mol. The van der Waals surface area contributed by atoms with Gasteiger partial charge in [0, 0.05) is 74.1 Å². The highest BCUT2D eigenvalue weighted by Crippen LogP contribution is 2.31. The van der Waals surface area contributed by atoms with Crippen LogP contribution in [0.25, 0.3) is 0 Å². The lowest BCUT2D eigenvalue weighted by Crippen LogP contribution is -2.38. The highest BCUT2D eigenvalue weighted by molar-refractivity contribution is 5.98. The molecule has 78 heavy (non-hydrogen) atoms. The number of carbonyl (C=O) groups is 4. The van der Waals surface area contributed by atoms with E-state index in [1.165, 1.54) is 11.1 Å². The zero-order valence-electron chi connectivity index (χ0n) is 49.2. The number of likely N-dealkylation sites (tertiary alicyclic amines) is 2. The molecule has 2 aliphatic heterocycles. The summed E-state index contributed by atoms with van der Waals surface area (Å²) in [6.07, 6.45) is 7.20. The zero-order valence-corrected chi connectivity index (χ0v) is 49.2. The number of piperidine rings is 2. The molecule has 0 aromatic heterocycles. The number of amides is 4. The molecule has 2 saturated heterocycles. The van der Waals surface area contributed by atoms with Crippen LogP contribution < -0.4 is 22.1 Å². The van der Waals surface area contributed by atoms with E-state index in [4.69, 9.17) is 31.9 Å². The van der Waals surface area contributed by atoms with Crippen molar-refractivity contribution in [1.29, 1.82) is 0 Å². The second-order valence-electron chi connectivity index (χ2n) is 21.3. The first kappa shape index (κ1) is 68.6. The number of hydrogen-bond acceptors (Lipinski definition) is 10. The molecule has 0 spiro atoms. The quantitative estimate of drug-likeness (QED) is 0.0443. The molecule has 2 fully saturated rings. The van der Waals surface area contributed by atoms with Gasteiger partial charge in [0.2, 0.25) is 11.8 Å². The minimum atomic E-state index is -0.593. The van der Waals surface area contributed by atoms with Gasteiger partial charge in [-0.15, -0.1) is 0 Å². The minimum Gasteiger partial charge on any atom is -0.391 e. The Hall–Kier alpha value is -5.48. The molecule has 0 bridgehead atoms. The maximum Gasteiger partial charge on any atom is 0.253 e. The summed E-state index contributed by atoms with van der Waals surface area (Å²) in [6.45, 7) is 24.8. The Bertz CT molecular complexity index is 2320. The van der Waals surface area contributed by atoms with Crippen LogP contribution in [0.15, 0.2) is 97.1 Å². The van der Waals surface area contributed by atoms with Gasteiger partial charge in [0.05, 0.1) is 24.4 Å². The van der Waals surface area contributed by atoms with Gasteiger partial charge in [0.25, 0.3) is 11.8 Å². The van der Waals surface area contributed by atoms with E-state index in [2.05, 4.69) is 86.9 Å². The van der Waals surface area contributed by atoms with Gasteiger partial charge in [-0.25, -0.2) is 0 Å². The Labute approximate surface area is 468 Å². The summed E-state index contributed by atoms with van der Waals surface area (Å²) < 4.78 is 0. The maximum absolute atomic E-state index is 13.1. The van der Waals surface area contributed by atoms with Gasteiger partial charge in [-0.2, -0.15) is 0 Å². The summed E-state index contributed by atoms with van der Waals surface area (Å²) in [6, 6.07) is 31.6. The Morgan fingerprint density at radius 2 is 0.910 bits per heavy atom. The Morgan fingerprint density at radius 1 is 0.538 bits per heavy atom. The third-order valence-electron chi connectivity index (χ3n) is 14.3. The van der Waals surface area contributed by atoms with Crippen molar-refractivity contribution in [2.45, 2.75) is 190 Å². The standard InChI is InChI=1S/C28H39N3O2.C26H35N3O2.2C4H10O2.C2H6/c1-4-7-20(2)16-21(3)27(32)30-26-11-6-10-25(18-26)28(33)31-14-12-23(13-15-31)24-9-5-8-22(17-24)19-29;1-3-6-19(2)15-25(30)28-24-10-5-9-23(17-24)26(31)29-13-11-21(12-14-29)22-8-4-7-20(16-22)18-27;2*1-3(5)4(2)6;1-2/h5-6,8-11,17-18,20-21,23H,4,7,12-16,19,29H2,1-3H3,(H,30,32);4-5,7-10,16-17,19,21H,3,6,11-15,18,27H2,1-2H3,(H,28,30);2*3-6H,1-2H3;1-2H3. The number of anilines is 2. The molecule has 4 amide bonds. The average molecular weight is 1080 g/mol. The van der Waals surface area contributed by atoms with Gasteiger partial charge in [0.15, 0.2) is 0 Å². The van der Waals surface area contributed by atoms with Crippen LogP contribution in [0.1, 0.15) is 195 Å². The van der Waals surface area contributed by atoms with Crippen molar-refractivity contribution in [1.82, 2.24) is 9.80 Å². The first-order chi connectivity index (χ1) is 37.2. The number of aliphatic hydroxyl groups excluding tert-OH is 4. The molecule has 6 rings (SSSR count). The normalized spacial score (nSPS) is 16.2. The maximum atomic E-state index is 13.1. The smallest absolute Gasteiger partial charge is 0.253 e. The largest absolute Gasteiger partial charge is 0.391 e. The second-order valence-corrected chi connectivity index (χ2v) is 21.3. The summed E-state index contributed by atoms with van der Waals surface area (Å²) in [5.74, 6) is 1.85. The number of rotatable bonds is 19. The molecule has 434 valence electrons. The van der Waals surface area contributed by atoms with E-state index in [-0.39, 0.29) is 29.5 Å². The lowest BCUT2D eigenvalue weighted by atomic mass is 9.88. The van der Waals surface area contributed by atoms with Crippen molar-refractivity contribution >= 4 is 35.0 Å². The lowest BCUT2D eigenvalue weighted by Gasteiger charge is -2.32. The summed E-state index contributed by atoms with van der Waals surface area (Å²) in [5, 5.41) is 39.5. The van der Waals surface area contributed by atoms with Crippen LogP contribution in [0.5, 0.6) is 0 Å². The van der Waals surface area contributed by atoms with Gasteiger partial charge in [-0.1, -0.05) is 135 Å². The second kappa shape index (κ2) is 37.4. The van der Waals surface area contributed by atoms with Crippen LogP contribution in [-0.2, 0) is 22.7 Å². The van der Waals surface area contributed by atoms with Gasteiger partial charge < -0.3 is 52.3 Å². The Balaban J connectivity index is 0.000000430. The number of nitrogens with one attached hydrogen (secondary N) is 2. The van der Waals surface area contributed by atoms with E-state index in [1.807, 2.05) is 67.0 Å². The summed E-state index contributed by atoms with van der Waals surface area (Å²) in [5.41, 5.74) is 19.1. The summed E-state index contributed by atoms with van der Waals surface area (Å²) in [4.78, 5) is 54.9. The fraction of sp³-hybridized carbons (Fsp3) is 0.562. The molecule has 4 aromatic carbocycles. The van der Waals surface area contributed by atoms with Gasteiger partial charge in [-0.05, 0) is 142 Å². The number of carbonyl (C=O) groups excluding carboxylic acids is 4. The molecule has 0 radical (unpaired) electrons. The van der Waals surface area contributed by atoms with Crippen LogP contribution in [0.2, 0.25) is 0 Å². The molecule has 7 unspecified atom stereocenters. The number of nitrogens with two attached hydrogens (primary N) is 2. The molecule has 4 aromatic rings. The SMILES string of the molecule is CC.CC(O)C(C)O.CC(O)C(C)O.CCCC(C)CC(=O)Nc1cccc(C(=O)N2CCC(c3cccc(CN)c3)CC2)c1.CCCC(C)CC(C)C(=O)Nc1cccc(C(=O)N2CCC(c3cccc(CN)c3)CC2)c1. The predicted octanol–water partition coefficient (Wildman–Crippen LogP) is 11.0. The molecule has 0 aliphatic carbocycles. The third kappa shape index (κ3) is 25.1.